The van der Waals surface area contributed by atoms with E-state index >= 15 is 0 Å². The second-order valence-electron chi connectivity index (χ2n) is 8.09. The molecule has 3 rings (SSSR count). The van der Waals surface area contributed by atoms with Gasteiger partial charge in [0.1, 0.15) is 5.92 Å². The highest BCUT2D eigenvalue weighted by molar-refractivity contribution is 7.93. The zero-order valence-electron chi connectivity index (χ0n) is 20.5. The number of carbonyl (C=O) groups is 3. The molecule has 37 heavy (non-hydrogen) atoms. The lowest BCUT2D eigenvalue weighted by Crippen LogP contribution is -2.46. The first-order chi connectivity index (χ1) is 17.7. The number of carbonyl (C=O) groups excluding carboxylic acids is 3. The smallest absolute Gasteiger partial charge is 0.337 e. The fourth-order valence-electron chi connectivity index (χ4n) is 3.66. The average Bonchev–Trinajstić information content (AvgIpc) is 2.91. The first-order valence-corrected chi connectivity index (χ1v) is 13.1. The molecule has 1 N–H and O–H groups in total. The van der Waals surface area contributed by atoms with Crippen LogP contribution in [0.3, 0.4) is 0 Å². The van der Waals surface area contributed by atoms with E-state index in [9.17, 15) is 22.8 Å². The van der Waals surface area contributed by atoms with Crippen LogP contribution in [0.2, 0.25) is 0 Å². The SMILES string of the molecule is CCN(C(=O)C(Cc1ccc(C(=O)OC)cc1)C(=O)NS(=O)(=O)/C=C/c1ccccc1)c1ccccc1. The molecule has 1 atom stereocenters. The van der Waals surface area contributed by atoms with Crippen LogP contribution in [-0.4, -0.2) is 39.9 Å². The number of ether oxygens (including phenoxy) is 1. The lowest BCUT2D eigenvalue weighted by molar-refractivity contribution is -0.132. The van der Waals surface area contributed by atoms with Gasteiger partial charge < -0.3 is 9.64 Å². The molecule has 0 aliphatic heterocycles. The number of amides is 2. The molecule has 3 aromatic rings. The summed E-state index contributed by atoms with van der Waals surface area (Å²) in [5, 5.41) is 0.891. The van der Waals surface area contributed by atoms with Crippen molar-refractivity contribution in [1.29, 1.82) is 0 Å². The Bertz CT molecular complexity index is 1350. The second kappa shape index (κ2) is 12.6. The van der Waals surface area contributed by atoms with E-state index in [0.717, 1.165) is 5.41 Å². The van der Waals surface area contributed by atoms with Gasteiger partial charge in [-0.3, -0.25) is 9.59 Å². The van der Waals surface area contributed by atoms with E-state index in [-0.39, 0.29) is 13.0 Å². The Morgan fingerprint density at radius 1 is 0.919 bits per heavy atom. The number of anilines is 1. The van der Waals surface area contributed by atoms with Crippen molar-refractivity contribution < 1.29 is 27.5 Å². The molecule has 1 unspecified atom stereocenters. The van der Waals surface area contributed by atoms with Gasteiger partial charge in [0, 0.05) is 12.2 Å². The quantitative estimate of drug-likeness (QED) is 0.322. The molecule has 0 saturated heterocycles. The molecule has 0 heterocycles. The molecule has 0 radical (unpaired) electrons. The number of esters is 1. The fraction of sp³-hybridized carbons (Fsp3) is 0.179. The van der Waals surface area contributed by atoms with Crippen LogP contribution < -0.4 is 9.62 Å². The summed E-state index contributed by atoms with van der Waals surface area (Å²) in [6.45, 7) is 2.04. The van der Waals surface area contributed by atoms with E-state index in [1.165, 1.54) is 30.2 Å². The molecule has 3 aromatic carbocycles. The molecule has 2 amide bonds. The summed E-state index contributed by atoms with van der Waals surface area (Å²) in [5.41, 5.74) is 2.11. The number of para-hydroxylation sites is 1. The van der Waals surface area contributed by atoms with Crippen LogP contribution in [0.1, 0.15) is 28.4 Å². The highest BCUT2D eigenvalue weighted by Crippen LogP contribution is 2.20. The first kappa shape index (κ1) is 27.3. The van der Waals surface area contributed by atoms with Gasteiger partial charge in [-0.1, -0.05) is 60.7 Å². The Kier molecular flexibility index (Phi) is 9.34. The van der Waals surface area contributed by atoms with E-state index in [2.05, 4.69) is 0 Å². The van der Waals surface area contributed by atoms with Crippen LogP contribution in [0.5, 0.6) is 0 Å². The van der Waals surface area contributed by atoms with Crippen LogP contribution in [0.25, 0.3) is 6.08 Å². The molecule has 0 fully saturated rings. The van der Waals surface area contributed by atoms with E-state index < -0.39 is 33.7 Å². The third-order valence-electron chi connectivity index (χ3n) is 5.56. The van der Waals surface area contributed by atoms with E-state index in [1.807, 2.05) is 4.72 Å². The van der Waals surface area contributed by atoms with Crippen LogP contribution in [0.15, 0.2) is 90.3 Å². The number of rotatable bonds is 10. The summed E-state index contributed by atoms with van der Waals surface area (Å²) >= 11 is 0. The third-order valence-corrected chi connectivity index (χ3v) is 6.54. The van der Waals surface area contributed by atoms with Gasteiger partial charge in [0.2, 0.25) is 11.8 Å². The van der Waals surface area contributed by atoms with Gasteiger partial charge in [-0.15, -0.1) is 0 Å². The zero-order valence-corrected chi connectivity index (χ0v) is 21.4. The molecule has 8 nitrogen and oxygen atoms in total. The lowest BCUT2D eigenvalue weighted by atomic mass is 9.96. The molecule has 0 aliphatic rings. The molecule has 192 valence electrons. The summed E-state index contributed by atoms with van der Waals surface area (Å²) in [4.78, 5) is 40.0. The zero-order chi connectivity index (χ0) is 26.8. The number of hydrogen-bond acceptors (Lipinski definition) is 6. The minimum atomic E-state index is -4.18. The van der Waals surface area contributed by atoms with Crippen molar-refractivity contribution in [3.05, 3.63) is 107 Å². The Balaban J connectivity index is 1.89. The van der Waals surface area contributed by atoms with Gasteiger partial charge in [0.25, 0.3) is 10.0 Å². The minimum Gasteiger partial charge on any atom is -0.465 e. The van der Waals surface area contributed by atoms with Crippen molar-refractivity contribution in [3.63, 3.8) is 0 Å². The Morgan fingerprint density at radius 2 is 1.51 bits per heavy atom. The molecule has 0 spiro atoms. The van der Waals surface area contributed by atoms with Gasteiger partial charge in [0.05, 0.1) is 18.1 Å². The van der Waals surface area contributed by atoms with E-state index in [4.69, 9.17) is 4.74 Å². The average molecular weight is 521 g/mol. The maximum atomic E-state index is 13.6. The van der Waals surface area contributed by atoms with Crippen molar-refractivity contribution in [2.75, 3.05) is 18.6 Å². The molecule has 0 bridgehead atoms. The second-order valence-corrected chi connectivity index (χ2v) is 9.65. The van der Waals surface area contributed by atoms with Crippen molar-refractivity contribution in [2.45, 2.75) is 13.3 Å². The minimum absolute atomic E-state index is 0.0760. The summed E-state index contributed by atoms with van der Waals surface area (Å²) < 4.78 is 32.0. The maximum absolute atomic E-state index is 13.6. The fourth-order valence-corrected chi connectivity index (χ4v) is 4.49. The summed E-state index contributed by atoms with van der Waals surface area (Å²) in [6, 6.07) is 23.8. The van der Waals surface area contributed by atoms with Gasteiger partial charge in [0.15, 0.2) is 0 Å². The highest BCUT2D eigenvalue weighted by atomic mass is 32.2. The molecular weight excluding hydrogens is 492 g/mol. The first-order valence-electron chi connectivity index (χ1n) is 11.6. The number of hydrogen-bond donors (Lipinski definition) is 1. The van der Waals surface area contributed by atoms with Crippen molar-refractivity contribution in [3.8, 4) is 0 Å². The third kappa shape index (κ3) is 7.62. The molecular formula is C28H28N2O6S. The number of sulfonamides is 1. The number of nitrogens with zero attached hydrogens (tertiary/aromatic N) is 1. The standard InChI is InChI=1S/C28H28N2O6S/c1-3-30(24-12-8-5-9-13-24)27(32)25(20-22-14-16-23(17-15-22)28(33)36-2)26(31)29-37(34,35)19-18-21-10-6-4-7-11-21/h4-19,25H,3,20H2,1-2H3,(H,29,31)/b19-18+. The number of nitrogens with one attached hydrogen (secondary N) is 1. The van der Waals surface area contributed by atoms with Crippen LogP contribution >= 0.6 is 0 Å². The Labute approximate surface area is 216 Å². The number of benzene rings is 3. The highest BCUT2D eigenvalue weighted by Gasteiger charge is 2.33. The summed E-state index contributed by atoms with van der Waals surface area (Å²) in [7, 11) is -2.91. The normalized spacial score (nSPS) is 12.1. The maximum Gasteiger partial charge on any atom is 0.337 e. The summed E-state index contributed by atoms with van der Waals surface area (Å²) in [6.07, 6.45) is 1.29. The molecule has 0 aromatic heterocycles. The Morgan fingerprint density at radius 3 is 2.08 bits per heavy atom. The topological polar surface area (TPSA) is 110 Å². The van der Waals surface area contributed by atoms with Gasteiger partial charge in [-0.05, 0) is 54.8 Å². The van der Waals surface area contributed by atoms with Crippen LogP contribution in [0, 0.1) is 5.92 Å². The Hall–Kier alpha value is -4.24. The van der Waals surface area contributed by atoms with Gasteiger partial charge in [-0.25, -0.2) is 17.9 Å². The lowest BCUT2D eigenvalue weighted by Gasteiger charge is -2.26. The predicted molar refractivity (Wildman–Crippen MR) is 142 cm³/mol. The van der Waals surface area contributed by atoms with E-state index in [0.29, 0.717) is 22.4 Å². The van der Waals surface area contributed by atoms with Crippen molar-refractivity contribution >= 4 is 39.6 Å². The molecule has 9 heteroatoms. The van der Waals surface area contributed by atoms with Crippen molar-refractivity contribution in [1.82, 2.24) is 4.72 Å². The van der Waals surface area contributed by atoms with E-state index in [1.54, 1.807) is 79.7 Å². The molecule has 0 saturated carbocycles. The number of methoxy groups -OCH3 is 1. The van der Waals surface area contributed by atoms with Crippen LogP contribution in [-0.2, 0) is 30.8 Å². The summed E-state index contributed by atoms with van der Waals surface area (Å²) in [5.74, 6) is -3.36. The van der Waals surface area contributed by atoms with Gasteiger partial charge in [-0.2, -0.15) is 0 Å². The van der Waals surface area contributed by atoms with Gasteiger partial charge >= 0.3 is 5.97 Å². The largest absolute Gasteiger partial charge is 0.465 e. The molecule has 0 aliphatic carbocycles. The van der Waals surface area contributed by atoms with Crippen molar-refractivity contribution in [2.24, 2.45) is 5.92 Å². The van der Waals surface area contributed by atoms with Crippen LogP contribution in [0.4, 0.5) is 5.69 Å². The monoisotopic (exact) mass is 520 g/mol. The predicted octanol–water partition coefficient (Wildman–Crippen LogP) is 3.80.